The first-order valence-electron chi connectivity index (χ1n) is 10.9. The molecule has 4 rings (SSSR count). The second-order valence-corrected chi connectivity index (χ2v) is 7.97. The highest BCUT2D eigenvalue weighted by Gasteiger charge is 2.21. The number of nitrogens with one attached hydrogen (secondary N) is 2. The lowest BCUT2D eigenvalue weighted by Gasteiger charge is -2.21. The van der Waals surface area contributed by atoms with Gasteiger partial charge in [-0.1, -0.05) is 31.0 Å². The average Bonchev–Trinajstić information content (AvgIpc) is 3.02. The van der Waals surface area contributed by atoms with Crippen LogP contribution >= 0.6 is 0 Å². The molecule has 0 aliphatic carbocycles. The Bertz CT molecular complexity index is 877. The predicted octanol–water partition coefficient (Wildman–Crippen LogP) is 3.74. The summed E-state index contributed by atoms with van der Waals surface area (Å²) in [6, 6.07) is 11.2. The van der Waals surface area contributed by atoms with E-state index >= 15 is 0 Å². The Kier molecular flexibility index (Phi) is 6.86. The molecule has 2 aliphatic rings. The van der Waals surface area contributed by atoms with Crippen LogP contribution in [0.25, 0.3) is 0 Å². The van der Waals surface area contributed by atoms with Gasteiger partial charge in [-0.3, -0.25) is 0 Å². The molecular weight excluding hydrogens is 394 g/mol. The zero-order chi connectivity index (χ0) is 21.5. The Morgan fingerprint density at radius 1 is 0.968 bits per heavy atom. The standard InChI is InChI=1S/C23H29N5O3/c29-22(26-20-8-5-18(6-9-20)17-28-13-14-31-23(28)30)25-16-19-7-10-21(24-15-19)27-11-3-1-2-4-12-27/h5-10,15H,1-4,11-14,16-17H2,(H2,25,26,29). The molecule has 3 amide bonds. The van der Waals surface area contributed by atoms with E-state index in [4.69, 9.17) is 4.74 Å². The van der Waals surface area contributed by atoms with Gasteiger partial charge in [0.25, 0.3) is 0 Å². The van der Waals surface area contributed by atoms with Crippen LogP contribution in [0.2, 0.25) is 0 Å². The third-order valence-corrected chi connectivity index (χ3v) is 5.62. The highest BCUT2D eigenvalue weighted by molar-refractivity contribution is 5.89. The fraction of sp³-hybridized carbons (Fsp3) is 0.435. The molecule has 2 aromatic rings. The minimum absolute atomic E-state index is 0.271. The average molecular weight is 424 g/mol. The number of cyclic esters (lactones) is 1. The van der Waals surface area contributed by atoms with Crippen molar-refractivity contribution < 1.29 is 14.3 Å². The van der Waals surface area contributed by atoms with Gasteiger partial charge in [-0.25, -0.2) is 14.6 Å². The molecule has 3 heterocycles. The Morgan fingerprint density at radius 2 is 1.71 bits per heavy atom. The third-order valence-electron chi connectivity index (χ3n) is 5.62. The van der Waals surface area contributed by atoms with Gasteiger partial charge in [0.05, 0.1) is 6.54 Å². The molecule has 1 aromatic carbocycles. The summed E-state index contributed by atoms with van der Waals surface area (Å²) in [6.07, 6.45) is 6.58. The van der Waals surface area contributed by atoms with Crippen molar-refractivity contribution in [1.82, 2.24) is 15.2 Å². The second kappa shape index (κ2) is 10.1. The van der Waals surface area contributed by atoms with Crippen LogP contribution in [0.1, 0.15) is 36.8 Å². The molecule has 0 spiro atoms. The SMILES string of the molecule is O=C(NCc1ccc(N2CCCCCC2)nc1)Nc1ccc(CN2CCOC2=O)cc1. The van der Waals surface area contributed by atoms with Gasteiger partial charge < -0.3 is 25.2 Å². The van der Waals surface area contributed by atoms with Crippen LogP contribution in [0.5, 0.6) is 0 Å². The van der Waals surface area contributed by atoms with Crippen LogP contribution in [0, 0.1) is 0 Å². The first kappa shape index (κ1) is 21.0. The molecule has 8 nitrogen and oxygen atoms in total. The molecule has 0 atom stereocenters. The number of hydrogen-bond donors (Lipinski definition) is 2. The van der Waals surface area contributed by atoms with Crippen molar-refractivity contribution in [2.45, 2.75) is 38.8 Å². The molecule has 0 unspecified atom stereocenters. The summed E-state index contributed by atoms with van der Waals surface area (Å²) < 4.78 is 4.93. The fourth-order valence-electron chi connectivity index (χ4n) is 3.85. The van der Waals surface area contributed by atoms with Crippen LogP contribution in [-0.2, 0) is 17.8 Å². The van der Waals surface area contributed by atoms with Crippen molar-refractivity contribution in [3.05, 3.63) is 53.7 Å². The summed E-state index contributed by atoms with van der Waals surface area (Å²) in [5, 5.41) is 5.69. The highest BCUT2D eigenvalue weighted by atomic mass is 16.6. The molecule has 2 saturated heterocycles. The summed E-state index contributed by atoms with van der Waals surface area (Å²) in [5.74, 6) is 1.01. The molecule has 0 saturated carbocycles. The lowest BCUT2D eigenvalue weighted by molar-refractivity contribution is 0.157. The summed E-state index contributed by atoms with van der Waals surface area (Å²) >= 11 is 0. The zero-order valence-electron chi connectivity index (χ0n) is 17.7. The van der Waals surface area contributed by atoms with E-state index in [2.05, 4.69) is 20.5 Å². The normalized spacial score (nSPS) is 16.6. The van der Waals surface area contributed by atoms with Crippen LogP contribution in [-0.4, -0.2) is 48.2 Å². The van der Waals surface area contributed by atoms with E-state index in [9.17, 15) is 9.59 Å². The van der Waals surface area contributed by atoms with Crippen molar-refractivity contribution in [3.8, 4) is 0 Å². The molecule has 0 bridgehead atoms. The van der Waals surface area contributed by atoms with E-state index in [-0.39, 0.29) is 12.1 Å². The molecule has 2 N–H and O–H groups in total. The molecule has 8 heteroatoms. The first-order valence-corrected chi connectivity index (χ1v) is 10.9. The summed E-state index contributed by atoms with van der Waals surface area (Å²) in [6.45, 7) is 4.09. The van der Waals surface area contributed by atoms with Gasteiger partial charge in [-0.15, -0.1) is 0 Å². The molecule has 2 fully saturated rings. The molecular formula is C23H29N5O3. The number of aromatic nitrogens is 1. The summed E-state index contributed by atoms with van der Waals surface area (Å²) in [5.41, 5.74) is 2.64. The van der Waals surface area contributed by atoms with Crippen molar-refractivity contribution in [3.63, 3.8) is 0 Å². The van der Waals surface area contributed by atoms with Gasteiger partial charge in [0.1, 0.15) is 12.4 Å². The van der Waals surface area contributed by atoms with Crippen molar-refractivity contribution >= 4 is 23.6 Å². The highest BCUT2D eigenvalue weighted by Crippen LogP contribution is 2.18. The largest absolute Gasteiger partial charge is 0.448 e. The van der Waals surface area contributed by atoms with Crippen molar-refractivity contribution in [2.75, 3.05) is 36.5 Å². The molecule has 1 aromatic heterocycles. The Morgan fingerprint density at radius 3 is 2.35 bits per heavy atom. The maximum absolute atomic E-state index is 12.2. The maximum atomic E-state index is 12.2. The quantitative estimate of drug-likeness (QED) is 0.739. The van der Waals surface area contributed by atoms with E-state index in [0.717, 1.165) is 30.0 Å². The molecule has 31 heavy (non-hydrogen) atoms. The van der Waals surface area contributed by atoms with E-state index in [0.29, 0.717) is 31.9 Å². The summed E-state index contributed by atoms with van der Waals surface area (Å²) in [4.78, 5) is 32.3. The van der Waals surface area contributed by atoms with Gasteiger partial charge in [-0.05, 0) is 42.2 Å². The lowest BCUT2D eigenvalue weighted by atomic mass is 10.2. The van der Waals surface area contributed by atoms with Gasteiger partial charge in [0, 0.05) is 38.1 Å². The fourth-order valence-corrected chi connectivity index (χ4v) is 3.85. The first-order chi connectivity index (χ1) is 15.2. The van der Waals surface area contributed by atoms with Crippen LogP contribution in [0.4, 0.5) is 21.1 Å². The van der Waals surface area contributed by atoms with Gasteiger partial charge in [-0.2, -0.15) is 0 Å². The lowest BCUT2D eigenvalue weighted by Crippen LogP contribution is -2.28. The Hall–Kier alpha value is -3.29. The number of carbonyl (C=O) groups excluding carboxylic acids is 2. The number of urea groups is 1. The number of rotatable bonds is 6. The second-order valence-electron chi connectivity index (χ2n) is 7.97. The van der Waals surface area contributed by atoms with Crippen LogP contribution in [0.3, 0.4) is 0 Å². The van der Waals surface area contributed by atoms with Crippen molar-refractivity contribution in [1.29, 1.82) is 0 Å². The smallest absolute Gasteiger partial charge is 0.410 e. The summed E-state index contributed by atoms with van der Waals surface area (Å²) in [7, 11) is 0. The molecule has 164 valence electrons. The van der Waals surface area contributed by atoms with Crippen molar-refractivity contribution in [2.24, 2.45) is 0 Å². The van der Waals surface area contributed by atoms with Gasteiger partial charge in [0.15, 0.2) is 0 Å². The molecule has 2 aliphatic heterocycles. The maximum Gasteiger partial charge on any atom is 0.410 e. The van der Waals surface area contributed by atoms with Gasteiger partial charge >= 0.3 is 12.1 Å². The number of amides is 3. The Labute approximate surface area is 182 Å². The number of hydrogen-bond acceptors (Lipinski definition) is 5. The number of pyridine rings is 1. The number of anilines is 2. The van der Waals surface area contributed by atoms with Gasteiger partial charge in [0.2, 0.25) is 0 Å². The van der Waals surface area contributed by atoms with Crippen LogP contribution in [0.15, 0.2) is 42.6 Å². The topological polar surface area (TPSA) is 86.8 Å². The van der Waals surface area contributed by atoms with E-state index in [1.165, 1.54) is 25.7 Å². The Balaban J connectivity index is 1.23. The number of benzene rings is 1. The third kappa shape index (κ3) is 5.87. The number of ether oxygens (including phenoxy) is 1. The minimum Gasteiger partial charge on any atom is -0.448 e. The zero-order valence-corrected chi connectivity index (χ0v) is 17.7. The predicted molar refractivity (Wildman–Crippen MR) is 119 cm³/mol. The van der Waals surface area contributed by atoms with E-state index < -0.39 is 0 Å². The minimum atomic E-state index is -0.282. The number of nitrogens with zero attached hydrogens (tertiary/aromatic N) is 3. The monoisotopic (exact) mass is 423 g/mol. The number of carbonyl (C=O) groups is 2. The van der Waals surface area contributed by atoms with E-state index in [1.807, 2.05) is 42.6 Å². The molecule has 0 radical (unpaired) electrons. The van der Waals surface area contributed by atoms with Crippen LogP contribution < -0.4 is 15.5 Å². The van der Waals surface area contributed by atoms with E-state index in [1.54, 1.807) is 4.90 Å².